The molecular weight excluding hydrogens is 351 g/mol. The van der Waals surface area contributed by atoms with E-state index < -0.39 is 0 Å². The Kier molecular flexibility index (Phi) is 2.71. The van der Waals surface area contributed by atoms with Crippen molar-refractivity contribution in [1.82, 2.24) is 19.7 Å². The zero-order chi connectivity index (χ0) is 11.8. The van der Waals surface area contributed by atoms with Crippen LogP contribution in [0.15, 0.2) is 36.5 Å². The Hall–Kier alpha value is -1.21. The molecule has 2 heterocycles. The van der Waals surface area contributed by atoms with E-state index in [2.05, 4.69) is 37.7 Å². The number of hydrogen-bond donors (Lipinski definition) is 0. The second-order valence-electron chi connectivity index (χ2n) is 3.40. The van der Waals surface area contributed by atoms with E-state index in [0.29, 0.717) is 5.82 Å². The van der Waals surface area contributed by atoms with Gasteiger partial charge in [0.2, 0.25) is 5.28 Å². The van der Waals surface area contributed by atoms with E-state index in [1.165, 1.54) is 0 Å². The van der Waals surface area contributed by atoms with Crippen LogP contribution < -0.4 is 0 Å². The molecule has 0 fully saturated rings. The molecule has 0 atom stereocenters. The van der Waals surface area contributed by atoms with Gasteiger partial charge in [0, 0.05) is 17.6 Å². The molecule has 3 aromatic rings. The second-order valence-corrected chi connectivity index (χ2v) is 4.76. The van der Waals surface area contributed by atoms with Gasteiger partial charge in [0.05, 0.1) is 5.52 Å². The fourth-order valence-electron chi connectivity index (χ4n) is 1.65. The molecular formula is C11H6ClIN4. The summed E-state index contributed by atoms with van der Waals surface area (Å²) in [5.41, 5.74) is 1.01. The van der Waals surface area contributed by atoms with Crippen LogP contribution in [0, 0.1) is 3.70 Å². The highest BCUT2D eigenvalue weighted by molar-refractivity contribution is 14.1. The van der Waals surface area contributed by atoms with E-state index in [-0.39, 0.29) is 5.28 Å². The lowest BCUT2D eigenvalue weighted by molar-refractivity contribution is 0.856. The van der Waals surface area contributed by atoms with Crippen LogP contribution in [0.1, 0.15) is 0 Å². The summed E-state index contributed by atoms with van der Waals surface area (Å²) < 4.78 is 2.71. The summed E-state index contributed by atoms with van der Waals surface area (Å²) in [5, 5.41) is 5.77. The monoisotopic (exact) mass is 356 g/mol. The minimum atomic E-state index is 0.220. The summed E-state index contributed by atoms with van der Waals surface area (Å²) in [6, 6.07) is 9.77. The van der Waals surface area contributed by atoms with Gasteiger partial charge >= 0.3 is 0 Å². The largest absolute Gasteiger partial charge is 0.226 e. The normalized spacial score (nSPS) is 10.9. The third-order valence-corrected chi connectivity index (χ3v) is 3.35. The van der Waals surface area contributed by atoms with Crippen molar-refractivity contribution in [2.24, 2.45) is 0 Å². The molecule has 0 radical (unpaired) electrons. The van der Waals surface area contributed by atoms with Crippen molar-refractivity contribution < 1.29 is 0 Å². The van der Waals surface area contributed by atoms with Gasteiger partial charge in [-0.3, -0.25) is 0 Å². The molecule has 84 valence electrons. The maximum Gasteiger partial charge on any atom is 0.224 e. The number of hydrogen-bond acceptors (Lipinski definition) is 3. The average molecular weight is 357 g/mol. The number of para-hydroxylation sites is 1. The van der Waals surface area contributed by atoms with Crippen molar-refractivity contribution in [3.05, 3.63) is 45.5 Å². The molecule has 0 amide bonds. The second kappa shape index (κ2) is 4.23. The first-order valence-corrected chi connectivity index (χ1v) is 6.33. The molecule has 2 aromatic heterocycles. The fourth-order valence-corrected chi connectivity index (χ4v) is 2.46. The standard InChI is InChI=1S/C11H6ClIN4/c12-11-14-6-5-9(15-11)17-8-4-2-1-3-7(8)10(13)16-17/h1-6H. The summed E-state index contributed by atoms with van der Waals surface area (Å²) in [6.45, 7) is 0. The van der Waals surface area contributed by atoms with E-state index in [0.717, 1.165) is 14.6 Å². The first kappa shape index (κ1) is 10.9. The van der Waals surface area contributed by atoms with Gasteiger partial charge in [0.1, 0.15) is 3.70 Å². The summed E-state index contributed by atoms with van der Waals surface area (Å²) in [7, 11) is 0. The van der Waals surface area contributed by atoms with E-state index in [1.807, 2.05) is 24.3 Å². The van der Waals surface area contributed by atoms with Crippen molar-refractivity contribution in [1.29, 1.82) is 0 Å². The Morgan fingerprint density at radius 1 is 1.18 bits per heavy atom. The van der Waals surface area contributed by atoms with Crippen LogP contribution in [0.2, 0.25) is 5.28 Å². The summed E-state index contributed by atoms with van der Waals surface area (Å²) >= 11 is 7.99. The molecule has 0 N–H and O–H groups in total. The molecule has 6 heteroatoms. The predicted molar refractivity (Wildman–Crippen MR) is 74.4 cm³/mol. The van der Waals surface area contributed by atoms with E-state index in [9.17, 15) is 0 Å². The van der Waals surface area contributed by atoms with Crippen LogP contribution >= 0.6 is 34.2 Å². The van der Waals surface area contributed by atoms with Crippen LogP contribution in [0.4, 0.5) is 0 Å². The predicted octanol–water partition coefficient (Wildman–Crippen LogP) is 3.07. The third kappa shape index (κ3) is 1.89. The van der Waals surface area contributed by atoms with Crippen molar-refractivity contribution in [3.8, 4) is 5.82 Å². The zero-order valence-corrected chi connectivity index (χ0v) is 11.4. The van der Waals surface area contributed by atoms with Crippen molar-refractivity contribution in [3.63, 3.8) is 0 Å². The number of aromatic nitrogens is 4. The number of fused-ring (bicyclic) bond motifs is 1. The highest BCUT2D eigenvalue weighted by Crippen LogP contribution is 2.22. The lowest BCUT2D eigenvalue weighted by Gasteiger charge is -2.01. The lowest BCUT2D eigenvalue weighted by Crippen LogP contribution is -2.00. The SMILES string of the molecule is Clc1nccc(-n2nc(I)c3ccccc32)n1. The van der Waals surface area contributed by atoms with Crippen LogP contribution in [-0.2, 0) is 0 Å². The van der Waals surface area contributed by atoms with Gasteiger partial charge in [0.15, 0.2) is 5.82 Å². The Balaban J connectivity index is 2.31. The quantitative estimate of drug-likeness (QED) is 0.497. The van der Waals surface area contributed by atoms with E-state index in [1.54, 1.807) is 16.9 Å². The highest BCUT2D eigenvalue weighted by atomic mass is 127. The average Bonchev–Trinajstić information content (AvgIpc) is 2.68. The van der Waals surface area contributed by atoms with Gasteiger partial charge in [0.25, 0.3) is 0 Å². The number of nitrogens with zero attached hydrogens (tertiary/aromatic N) is 4. The number of halogens is 2. The fraction of sp³-hybridized carbons (Fsp3) is 0. The van der Waals surface area contributed by atoms with E-state index >= 15 is 0 Å². The molecule has 0 aliphatic heterocycles. The first-order chi connectivity index (χ1) is 8.25. The number of rotatable bonds is 1. The minimum absolute atomic E-state index is 0.220. The molecule has 3 rings (SSSR count). The Morgan fingerprint density at radius 2 is 2.00 bits per heavy atom. The molecule has 0 unspecified atom stereocenters. The van der Waals surface area contributed by atoms with Gasteiger partial charge in [-0.15, -0.1) is 0 Å². The molecule has 0 spiro atoms. The van der Waals surface area contributed by atoms with Crippen LogP contribution in [-0.4, -0.2) is 19.7 Å². The smallest absolute Gasteiger partial charge is 0.224 e. The highest BCUT2D eigenvalue weighted by Gasteiger charge is 2.10. The first-order valence-electron chi connectivity index (χ1n) is 4.88. The molecule has 17 heavy (non-hydrogen) atoms. The van der Waals surface area contributed by atoms with Crippen LogP contribution in [0.25, 0.3) is 16.7 Å². The minimum Gasteiger partial charge on any atom is -0.226 e. The van der Waals surface area contributed by atoms with Gasteiger partial charge in [-0.2, -0.15) is 10.1 Å². The Labute approximate surface area is 116 Å². The number of benzene rings is 1. The van der Waals surface area contributed by atoms with Crippen LogP contribution in [0.5, 0.6) is 0 Å². The maximum atomic E-state index is 5.79. The van der Waals surface area contributed by atoms with Crippen LogP contribution in [0.3, 0.4) is 0 Å². The molecule has 0 saturated heterocycles. The molecule has 1 aromatic carbocycles. The lowest BCUT2D eigenvalue weighted by atomic mass is 10.2. The van der Waals surface area contributed by atoms with Gasteiger partial charge in [-0.05, 0) is 40.3 Å². The molecule has 4 nitrogen and oxygen atoms in total. The van der Waals surface area contributed by atoms with E-state index in [4.69, 9.17) is 11.6 Å². The van der Waals surface area contributed by atoms with Gasteiger partial charge in [-0.25, -0.2) is 9.67 Å². The summed E-state index contributed by atoms with van der Waals surface area (Å²) in [4.78, 5) is 8.02. The molecule has 0 aliphatic carbocycles. The maximum absolute atomic E-state index is 5.79. The van der Waals surface area contributed by atoms with Crippen molar-refractivity contribution in [2.45, 2.75) is 0 Å². The molecule has 0 saturated carbocycles. The van der Waals surface area contributed by atoms with Crippen molar-refractivity contribution in [2.75, 3.05) is 0 Å². The zero-order valence-electron chi connectivity index (χ0n) is 8.51. The molecule has 0 bridgehead atoms. The Morgan fingerprint density at radius 3 is 2.82 bits per heavy atom. The Bertz CT molecular complexity index is 695. The third-order valence-electron chi connectivity index (χ3n) is 2.37. The molecule has 0 aliphatic rings. The summed E-state index contributed by atoms with van der Waals surface area (Å²) in [5.74, 6) is 0.670. The summed E-state index contributed by atoms with van der Waals surface area (Å²) in [6.07, 6.45) is 1.62. The topological polar surface area (TPSA) is 43.6 Å². The van der Waals surface area contributed by atoms with Gasteiger partial charge in [-0.1, -0.05) is 18.2 Å². The van der Waals surface area contributed by atoms with Gasteiger partial charge < -0.3 is 0 Å². The van der Waals surface area contributed by atoms with Crippen molar-refractivity contribution >= 4 is 45.1 Å².